The van der Waals surface area contributed by atoms with E-state index in [0.29, 0.717) is 11.4 Å². The van der Waals surface area contributed by atoms with Crippen LogP contribution >= 0.6 is 0 Å². The summed E-state index contributed by atoms with van der Waals surface area (Å²) in [5, 5.41) is 3.30. The summed E-state index contributed by atoms with van der Waals surface area (Å²) in [4.78, 5) is 0.330. The number of rotatable bonds is 8. The molecule has 0 heterocycles. The summed E-state index contributed by atoms with van der Waals surface area (Å²) in [6, 6.07) is 7.29. The van der Waals surface area contributed by atoms with Gasteiger partial charge >= 0.3 is 0 Å². The Bertz CT molecular complexity index is 469. The van der Waals surface area contributed by atoms with Crippen LogP contribution < -0.4 is 10.0 Å². The number of unbranched alkanes of at least 4 members (excludes halogenated alkanes) is 1. The predicted molar refractivity (Wildman–Crippen MR) is 78.6 cm³/mol. The maximum atomic E-state index is 12.0. The van der Waals surface area contributed by atoms with Crippen molar-refractivity contribution >= 4 is 10.0 Å². The van der Waals surface area contributed by atoms with Crippen LogP contribution in [-0.4, -0.2) is 21.5 Å². The van der Waals surface area contributed by atoms with Crippen LogP contribution in [0.4, 0.5) is 0 Å². The minimum Gasteiger partial charge on any atom is -0.310 e. The molecule has 1 rings (SSSR count). The third-order valence-corrected chi connectivity index (χ3v) is 4.50. The van der Waals surface area contributed by atoms with Crippen molar-refractivity contribution in [2.75, 3.05) is 13.1 Å². The van der Waals surface area contributed by atoms with Gasteiger partial charge in [0.1, 0.15) is 0 Å². The van der Waals surface area contributed by atoms with Crippen LogP contribution in [0.15, 0.2) is 29.2 Å². The maximum Gasteiger partial charge on any atom is 0.240 e. The fraction of sp³-hybridized carbons (Fsp3) is 0.571. The van der Waals surface area contributed by atoms with Crippen molar-refractivity contribution < 1.29 is 8.42 Å². The molecular weight excluding hydrogens is 260 g/mol. The van der Waals surface area contributed by atoms with E-state index in [1.54, 1.807) is 12.1 Å². The highest BCUT2D eigenvalue weighted by molar-refractivity contribution is 7.89. The Morgan fingerprint density at radius 1 is 1.16 bits per heavy atom. The normalized spacial score (nSPS) is 13.4. The zero-order valence-electron chi connectivity index (χ0n) is 11.9. The van der Waals surface area contributed by atoms with Crippen LogP contribution in [0.25, 0.3) is 0 Å². The molecule has 0 radical (unpaired) electrons. The SMILES string of the molecule is CCCCNS(=O)(=O)c1ccc(C(C)NCC)cc1. The van der Waals surface area contributed by atoms with Gasteiger partial charge in [0.2, 0.25) is 10.0 Å². The van der Waals surface area contributed by atoms with Gasteiger partial charge in [0.25, 0.3) is 0 Å². The van der Waals surface area contributed by atoms with E-state index in [1.807, 2.05) is 26.0 Å². The van der Waals surface area contributed by atoms with Gasteiger partial charge < -0.3 is 5.32 Å². The Hall–Kier alpha value is -0.910. The van der Waals surface area contributed by atoms with Crippen LogP contribution in [0.3, 0.4) is 0 Å². The van der Waals surface area contributed by atoms with E-state index < -0.39 is 10.0 Å². The Kier molecular flexibility index (Phi) is 6.48. The van der Waals surface area contributed by atoms with Gasteiger partial charge in [0.15, 0.2) is 0 Å². The summed E-state index contributed by atoms with van der Waals surface area (Å²) in [6.07, 6.45) is 1.83. The molecule has 4 nitrogen and oxygen atoms in total. The molecule has 1 aromatic carbocycles. The second-order valence-corrected chi connectivity index (χ2v) is 6.37. The minimum absolute atomic E-state index is 0.231. The second-order valence-electron chi connectivity index (χ2n) is 4.60. The molecule has 0 aromatic heterocycles. The topological polar surface area (TPSA) is 58.2 Å². The molecule has 0 spiro atoms. The molecule has 2 N–H and O–H groups in total. The Balaban J connectivity index is 2.75. The van der Waals surface area contributed by atoms with E-state index in [4.69, 9.17) is 0 Å². The maximum absolute atomic E-state index is 12.0. The molecule has 0 saturated carbocycles. The van der Waals surface area contributed by atoms with E-state index in [9.17, 15) is 8.42 Å². The third kappa shape index (κ3) is 4.93. The summed E-state index contributed by atoms with van der Waals surface area (Å²) < 4.78 is 26.6. The van der Waals surface area contributed by atoms with Gasteiger partial charge in [-0.25, -0.2) is 13.1 Å². The van der Waals surface area contributed by atoms with E-state index >= 15 is 0 Å². The van der Waals surface area contributed by atoms with E-state index in [0.717, 1.165) is 24.9 Å². The molecule has 1 atom stereocenters. The highest BCUT2D eigenvalue weighted by Gasteiger charge is 2.13. The number of sulfonamides is 1. The van der Waals surface area contributed by atoms with Crippen molar-refractivity contribution in [2.24, 2.45) is 0 Å². The molecule has 0 fully saturated rings. The molecule has 1 unspecified atom stereocenters. The standard InChI is InChI=1S/C14H24N2O2S/c1-4-6-11-16-19(17,18)14-9-7-13(8-10-14)12(3)15-5-2/h7-10,12,15-16H,4-6,11H2,1-3H3. The largest absolute Gasteiger partial charge is 0.310 e. The third-order valence-electron chi connectivity index (χ3n) is 3.02. The fourth-order valence-corrected chi connectivity index (χ4v) is 2.90. The zero-order valence-corrected chi connectivity index (χ0v) is 12.8. The number of benzene rings is 1. The van der Waals surface area contributed by atoms with E-state index in [2.05, 4.69) is 17.0 Å². The molecule has 108 valence electrons. The van der Waals surface area contributed by atoms with Gasteiger partial charge in [-0.15, -0.1) is 0 Å². The Morgan fingerprint density at radius 3 is 2.32 bits per heavy atom. The van der Waals surface area contributed by atoms with Crippen LogP contribution in [-0.2, 0) is 10.0 Å². The average Bonchev–Trinajstić information content (AvgIpc) is 2.39. The summed E-state index contributed by atoms with van der Waals surface area (Å²) >= 11 is 0. The first-order valence-electron chi connectivity index (χ1n) is 6.84. The van der Waals surface area contributed by atoms with Gasteiger partial charge in [-0.1, -0.05) is 32.4 Å². The highest BCUT2D eigenvalue weighted by Crippen LogP contribution is 2.16. The first kappa shape index (κ1) is 16.1. The quantitative estimate of drug-likeness (QED) is 0.721. The Labute approximate surface area is 116 Å². The van der Waals surface area contributed by atoms with Crippen molar-refractivity contribution in [3.63, 3.8) is 0 Å². The lowest BCUT2D eigenvalue weighted by Crippen LogP contribution is -2.24. The number of nitrogens with one attached hydrogen (secondary N) is 2. The van der Waals surface area contributed by atoms with E-state index in [1.165, 1.54) is 0 Å². The molecule has 0 aliphatic rings. The summed E-state index contributed by atoms with van der Waals surface area (Å²) in [5.74, 6) is 0. The first-order valence-corrected chi connectivity index (χ1v) is 8.32. The smallest absolute Gasteiger partial charge is 0.240 e. The van der Waals surface area contributed by atoms with Gasteiger partial charge in [-0.2, -0.15) is 0 Å². The van der Waals surface area contributed by atoms with Gasteiger partial charge in [-0.05, 0) is 37.6 Å². The molecule has 1 aromatic rings. The van der Waals surface area contributed by atoms with E-state index in [-0.39, 0.29) is 6.04 Å². The first-order chi connectivity index (χ1) is 9.01. The highest BCUT2D eigenvalue weighted by atomic mass is 32.2. The summed E-state index contributed by atoms with van der Waals surface area (Å²) in [7, 11) is -3.36. The van der Waals surface area contributed by atoms with Crippen molar-refractivity contribution in [2.45, 2.75) is 44.6 Å². The van der Waals surface area contributed by atoms with Crippen molar-refractivity contribution in [1.82, 2.24) is 10.0 Å². The predicted octanol–water partition coefficient (Wildman–Crippen LogP) is 2.44. The van der Waals surface area contributed by atoms with Gasteiger partial charge in [0, 0.05) is 12.6 Å². The lowest BCUT2D eigenvalue weighted by atomic mass is 10.1. The van der Waals surface area contributed by atoms with Gasteiger partial charge in [0.05, 0.1) is 4.90 Å². The van der Waals surface area contributed by atoms with Crippen LogP contribution in [0.5, 0.6) is 0 Å². The van der Waals surface area contributed by atoms with Crippen LogP contribution in [0.1, 0.15) is 45.2 Å². The molecule has 0 bridgehead atoms. The summed E-state index contributed by atoms with van der Waals surface area (Å²) in [5.41, 5.74) is 1.09. The Morgan fingerprint density at radius 2 is 1.79 bits per heavy atom. The monoisotopic (exact) mass is 284 g/mol. The fourth-order valence-electron chi connectivity index (χ4n) is 1.83. The van der Waals surface area contributed by atoms with Crippen LogP contribution in [0.2, 0.25) is 0 Å². The summed E-state index contributed by atoms with van der Waals surface area (Å²) in [6.45, 7) is 7.53. The van der Waals surface area contributed by atoms with Gasteiger partial charge in [-0.3, -0.25) is 0 Å². The molecule has 5 heteroatoms. The molecule has 0 saturated heterocycles. The van der Waals surface area contributed by atoms with Crippen molar-refractivity contribution in [3.05, 3.63) is 29.8 Å². The molecule has 19 heavy (non-hydrogen) atoms. The number of hydrogen-bond acceptors (Lipinski definition) is 3. The molecule has 0 amide bonds. The lowest BCUT2D eigenvalue weighted by Gasteiger charge is -2.13. The van der Waals surface area contributed by atoms with Crippen molar-refractivity contribution in [3.8, 4) is 0 Å². The average molecular weight is 284 g/mol. The zero-order chi connectivity index (χ0) is 14.3. The minimum atomic E-state index is -3.36. The molecule has 0 aliphatic carbocycles. The number of hydrogen-bond donors (Lipinski definition) is 2. The van der Waals surface area contributed by atoms with Crippen LogP contribution in [0, 0.1) is 0 Å². The second kappa shape index (κ2) is 7.62. The lowest BCUT2D eigenvalue weighted by molar-refractivity contribution is 0.577. The van der Waals surface area contributed by atoms with Crippen molar-refractivity contribution in [1.29, 1.82) is 0 Å². The molecular formula is C14H24N2O2S. The molecule has 0 aliphatic heterocycles.